The van der Waals surface area contributed by atoms with E-state index < -0.39 is 0 Å². The summed E-state index contributed by atoms with van der Waals surface area (Å²) in [5, 5.41) is 0. The molecule has 1 aromatic rings. The molecule has 4 nitrogen and oxygen atoms in total. The maximum Gasteiger partial charge on any atom is 0.227 e. The van der Waals surface area contributed by atoms with Gasteiger partial charge in [-0.3, -0.25) is 4.79 Å². The number of likely N-dealkylation sites (N-methyl/N-ethyl adjacent to an activating group) is 1. The first kappa shape index (κ1) is 11.9. The maximum atomic E-state index is 12.1. The van der Waals surface area contributed by atoms with Gasteiger partial charge in [0.05, 0.1) is 19.1 Å². The molecule has 0 aliphatic carbocycles. The Kier molecular flexibility index (Phi) is 3.64. The van der Waals surface area contributed by atoms with E-state index in [-0.39, 0.29) is 11.9 Å². The van der Waals surface area contributed by atoms with E-state index in [0.29, 0.717) is 18.7 Å². The molecule has 0 spiro atoms. The van der Waals surface area contributed by atoms with Crippen molar-refractivity contribution in [3.8, 4) is 0 Å². The van der Waals surface area contributed by atoms with Crippen LogP contribution >= 0.6 is 0 Å². The van der Waals surface area contributed by atoms with Crippen molar-refractivity contribution in [3.63, 3.8) is 0 Å². The van der Waals surface area contributed by atoms with Gasteiger partial charge in [-0.05, 0) is 18.1 Å². The first-order valence-electron chi connectivity index (χ1n) is 5.85. The molecule has 1 heterocycles. The van der Waals surface area contributed by atoms with E-state index in [2.05, 4.69) is 0 Å². The summed E-state index contributed by atoms with van der Waals surface area (Å²) in [7, 11) is 1.83. The molecule has 1 fully saturated rings. The molecule has 1 atom stereocenters. The zero-order chi connectivity index (χ0) is 12.3. The van der Waals surface area contributed by atoms with Gasteiger partial charge in [0.15, 0.2) is 0 Å². The Morgan fingerprint density at radius 3 is 2.94 bits per heavy atom. The fraction of sp³-hybridized carbons (Fsp3) is 0.462. The van der Waals surface area contributed by atoms with Crippen LogP contribution in [-0.2, 0) is 16.0 Å². The van der Waals surface area contributed by atoms with E-state index in [0.717, 1.165) is 18.6 Å². The van der Waals surface area contributed by atoms with E-state index in [1.807, 2.05) is 31.3 Å². The molecule has 1 unspecified atom stereocenters. The fourth-order valence-corrected chi connectivity index (χ4v) is 2.01. The van der Waals surface area contributed by atoms with Crippen molar-refractivity contribution in [2.45, 2.75) is 18.9 Å². The molecule has 1 aromatic carbocycles. The standard InChI is InChI=1S/C13H18N2O2/c1-15(11-6-7-17-9-11)13(16)8-10-4-2-3-5-12(10)14/h2-5,11H,6-9,14H2,1H3. The largest absolute Gasteiger partial charge is 0.398 e. The second-order valence-electron chi connectivity index (χ2n) is 4.40. The number of hydrogen-bond acceptors (Lipinski definition) is 3. The van der Waals surface area contributed by atoms with Crippen LogP contribution in [0.15, 0.2) is 24.3 Å². The summed E-state index contributed by atoms with van der Waals surface area (Å²) in [4.78, 5) is 13.8. The Morgan fingerprint density at radius 2 is 2.29 bits per heavy atom. The number of carbonyl (C=O) groups is 1. The van der Waals surface area contributed by atoms with Crippen molar-refractivity contribution < 1.29 is 9.53 Å². The molecule has 1 amide bonds. The molecule has 0 saturated carbocycles. The predicted molar refractivity (Wildman–Crippen MR) is 66.6 cm³/mol. The van der Waals surface area contributed by atoms with Gasteiger partial charge in [-0.1, -0.05) is 18.2 Å². The Bertz CT molecular complexity index is 400. The smallest absolute Gasteiger partial charge is 0.227 e. The number of hydrogen-bond donors (Lipinski definition) is 1. The van der Waals surface area contributed by atoms with Gasteiger partial charge in [-0.15, -0.1) is 0 Å². The number of carbonyl (C=O) groups excluding carboxylic acids is 1. The van der Waals surface area contributed by atoms with Gasteiger partial charge in [0.2, 0.25) is 5.91 Å². The van der Waals surface area contributed by atoms with Crippen LogP contribution < -0.4 is 5.73 Å². The van der Waals surface area contributed by atoms with Crippen molar-refractivity contribution in [2.75, 3.05) is 26.0 Å². The average molecular weight is 234 g/mol. The molecule has 2 rings (SSSR count). The monoisotopic (exact) mass is 234 g/mol. The zero-order valence-corrected chi connectivity index (χ0v) is 10.1. The van der Waals surface area contributed by atoms with Crippen molar-refractivity contribution in [1.82, 2.24) is 4.90 Å². The third-order valence-corrected chi connectivity index (χ3v) is 3.24. The van der Waals surface area contributed by atoms with Crippen LogP contribution in [0.5, 0.6) is 0 Å². The summed E-state index contributed by atoms with van der Waals surface area (Å²) in [5.41, 5.74) is 7.40. The second-order valence-corrected chi connectivity index (χ2v) is 4.40. The van der Waals surface area contributed by atoms with Gasteiger partial charge in [-0.25, -0.2) is 0 Å². The number of nitrogens with two attached hydrogens (primary N) is 1. The minimum absolute atomic E-state index is 0.0957. The highest BCUT2D eigenvalue weighted by atomic mass is 16.5. The fourth-order valence-electron chi connectivity index (χ4n) is 2.01. The number of nitrogen functional groups attached to an aromatic ring is 1. The van der Waals surface area contributed by atoms with Crippen LogP contribution in [0.4, 0.5) is 5.69 Å². The van der Waals surface area contributed by atoms with E-state index in [1.165, 1.54) is 0 Å². The summed E-state index contributed by atoms with van der Waals surface area (Å²) in [6.07, 6.45) is 1.28. The summed E-state index contributed by atoms with van der Waals surface area (Å²) in [6, 6.07) is 7.70. The molecule has 2 N–H and O–H groups in total. The molecule has 1 aliphatic heterocycles. The van der Waals surface area contributed by atoms with Crippen LogP contribution in [0.25, 0.3) is 0 Å². The highest BCUT2D eigenvalue weighted by Crippen LogP contribution is 2.15. The Labute approximate surface area is 101 Å². The molecule has 17 heavy (non-hydrogen) atoms. The normalized spacial score (nSPS) is 19.2. The minimum atomic E-state index is 0.0957. The third-order valence-electron chi connectivity index (χ3n) is 3.24. The number of para-hydroxylation sites is 1. The minimum Gasteiger partial charge on any atom is -0.398 e. The number of anilines is 1. The Morgan fingerprint density at radius 1 is 1.53 bits per heavy atom. The van der Waals surface area contributed by atoms with E-state index in [1.54, 1.807) is 4.90 Å². The average Bonchev–Trinajstić information content (AvgIpc) is 2.84. The van der Waals surface area contributed by atoms with Crippen molar-refractivity contribution in [1.29, 1.82) is 0 Å². The Hall–Kier alpha value is -1.55. The lowest BCUT2D eigenvalue weighted by Gasteiger charge is -2.23. The number of rotatable bonds is 3. The SMILES string of the molecule is CN(C(=O)Cc1ccccc1N)C1CCOC1. The van der Waals surface area contributed by atoms with Gasteiger partial charge in [0.1, 0.15) is 0 Å². The van der Waals surface area contributed by atoms with Gasteiger partial charge in [0.25, 0.3) is 0 Å². The first-order valence-corrected chi connectivity index (χ1v) is 5.85. The first-order chi connectivity index (χ1) is 8.18. The van der Waals surface area contributed by atoms with Crippen LogP contribution in [0.2, 0.25) is 0 Å². The van der Waals surface area contributed by atoms with Crippen LogP contribution in [-0.4, -0.2) is 37.1 Å². The summed E-state index contributed by atoms with van der Waals surface area (Å²) in [5.74, 6) is 0.0957. The molecule has 4 heteroatoms. The molecular formula is C13H18N2O2. The summed E-state index contributed by atoms with van der Waals surface area (Å²) < 4.78 is 5.28. The molecule has 0 aromatic heterocycles. The lowest BCUT2D eigenvalue weighted by Crippen LogP contribution is -2.38. The molecule has 0 radical (unpaired) electrons. The number of benzene rings is 1. The molecule has 0 bridgehead atoms. The topological polar surface area (TPSA) is 55.6 Å². The lowest BCUT2D eigenvalue weighted by atomic mass is 10.1. The molecular weight excluding hydrogens is 216 g/mol. The lowest BCUT2D eigenvalue weighted by molar-refractivity contribution is -0.131. The number of amides is 1. The molecule has 92 valence electrons. The van der Waals surface area contributed by atoms with Gasteiger partial charge < -0.3 is 15.4 Å². The molecule has 1 saturated heterocycles. The maximum absolute atomic E-state index is 12.1. The Balaban J connectivity index is 1.99. The zero-order valence-electron chi connectivity index (χ0n) is 10.1. The second kappa shape index (κ2) is 5.19. The van der Waals surface area contributed by atoms with Crippen molar-refractivity contribution in [2.24, 2.45) is 0 Å². The van der Waals surface area contributed by atoms with Crippen LogP contribution in [0.3, 0.4) is 0 Å². The number of ether oxygens (including phenoxy) is 1. The van der Waals surface area contributed by atoms with Crippen molar-refractivity contribution in [3.05, 3.63) is 29.8 Å². The highest BCUT2D eigenvalue weighted by molar-refractivity contribution is 5.80. The van der Waals surface area contributed by atoms with E-state index >= 15 is 0 Å². The van der Waals surface area contributed by atoms with Gasteiger partial charge in [-0.2, -0.15) is 0 Å². The van der Waals surface area contributed by atoms with Gasteiger partial charge in [0, 0.05) is 19.3 Å². The van der Waals surface area contributed by atoms with Crippen LogP contribution in [0.1, 0.15) is 12.0 Å². The van der Waals surface area contributed by atoms with Gasteiger partial charge >= 0.3 is 0 Å². The summed E-state index contributed by atoms with van der Waals surface area (Å²) in [6.45, 7) is 1.39. The quantitative estimate of drug-likeness (QED) is 0.796. The van der Waals surface area contributed by atoms with Crippen LogP contribution in [0, 0.1) is 0 Å². The highest BCUT2D eigenvalue weighted by Gasteiger charge is 2.24. The van der Waals surface area contributed by atoms with E-state index in [9.17, 15) is 4.79 Å². The molecule has 1 aliphatic rings. The predicted octanol–water partition coefficient (Wildman–Crippen LogP) is 1.06. The van der Waals surface area contributed by atoms with Crippen molar-refractivity contribution >= 4 is 11.6 Å². The number of nitrogens with zero attached hydrogens (tertiary/aromatic N) is 1. The van der Waals surface area contributed by atoms with E-state index in [4.69, 9.17) is 10.5 Å². The third kappa shape index (κ3) is 2.77. The summed E-state index contributed by atoms with van der Waals surface area (Å²) >= 11 is 0.